The molecule has 0 aliphatic carbocycles. The molecular formula is C18H10O8. The van der Waals surface area contributed by atoms with Crippen molar-refractivity contribution in [3.8, 4) is 0 Å². The van der Waals surface area contributed by atoms with Crippen LogP contribution in [0, 0.1) is 0 Å². The number of carboxylic acid groups (broad SMARTS) is 4. The van der Waals surface area contributed by atoms with Crippen LogP contribution in [0.5, 0.6) is 0 Å². The van der Waals surface area contributed by atoms with Gasteiger partial charge in [0.05, 0.1) is 22.3 Å². The van der Waals surface area contributed by atoms with Gasteiger partial charge in [-0.05, 0) is 22.9 Å². The molecule has 0 bridgehead atoms. The number of aromatic carboxylic acids is 4. The van der Waals surface area contributed by atoms with Gasteiger partial charge in [0.15, 0.2) is 0 Å². The van der Waals surface area contributed by atoms with Crippen LogP contribution in [0.15, 0.2) is 36.4 Å². The molecule has 0 spiro atoms. The first-order chi connectivity index (χ1) is 12.3. The highest BCUT2D eigenvalue weighted by Gasteiger charge is 2.29. The van der Waals surface area contributed by atoms with E-state index >= 15 is 0 Å². The number of fused-ring (bicyclic) bond motifs is 3. The van der Waals surface area contributed by atoms with Gasteiger partial charge in [-0.1, -0.05) is 24.3 Å². The van der Waals surface area contributed by atoms with Gasteiger partial charge in [-0.25, -0.2) is 19.2 Å². The lowest BCUT2D eigenvalue weighted by atomic mass is 9.87. The Kier molecular flexibility index (Phi) is 3.80. The van der Waals surface area contributed by atoms with Crippen LogP contribution in [-0.2, 0) is 0 Å². The zero-order valence-corrected chi connectivity index (χ0v) is 12.9. The van der Waals surface area contributed by atoms with E-state index in [1.54, 1.807) is 0 Å². The molecule has 3 aromatic carbocycles. The van der Waals surface area contributed by atoms with Crippen LogP contribution in [0.3, 0.4) is 0 Å². The van der Waals surface area contributed by atoms with Crippen LogP contribution in [-0.4, -0.2) is 44.3 Å². The quantitative estimate of drug-likeness (QED) is 0.522. The average molecular weight is 354 g/mol. The summed E-state index contributed by atoms with van der Waals surface area (Å²) in [5, 5.41) is 37.8. The molecule has 3 rings (SSSR count). The Bertz CT molecular complexity index is 1050. The van der Waals surface area contributed by atoms with E-state index in [0.717, 1.165) is 12.1 Å². The Morgan fingerprint density at radius 3 is 1.15 bits per heavy atom. The molecule has 0 radical (unpaired) electrons. The Morgan fingerprint density at radius 2 is 0.885 bits per heavy atom. The number of carbonyl (C=O) groups is 4. The second-order valence-corrected chi connectivity index (χ2v) is 5.43. The molecule has 0 saturated heterocycles. The van der Waals surface area contributed by atoms with E-state index in [2.05, 4.69) is 0 Å². The molecule has 130 valence electrons. The molecule has 4 N–H and O–H groups in total. The molecule has 0 aliphatic rings. The fourth-order valence-corrected chi connectivity index (χ4v) is 3.13. The third-order valence-corrected chi connectivity index (χ3v) is 4.06. The first-order valence-electron chi connectivity index (χ1n) is 7.20. The maximum atomic E-state index is 11.8. The molecule has 0 fully saturated rings. The first-order valence-corrected chi connectivity index (χ1v) is 7.20. The van der Waals surface area contributed by atoms with Crippen molar-refractivity contribution in [2.75, 3.05) is 0 Å². The van der Waals surface area contributed by atoms with Crippen molar-refractivity contribution in [3.63, 3.8) is 0 Å². The van der Waals surface area contributed by atoms with Gasteiger partial charge in [-0.3, -0.25) is 0 Å². The van der Waals surface area contributed by atoms with Crippen molar-refractivity contribution < 1.29 is 39.6 Å². The number of rotatable bonds is 4. The lowest BCUT2D eigenvalue weighted by Crippen LogP contribution is -2.14. The number of hydrogen-bond acceptors (Lipinski definition) is 4. The Hall–Kier alpha value is -3.94. The topological polar surface area (TPSA) is 149 Å². The molecule has 0 aromatic heterocycles. The highest BCUT2D eigenvalue weighted by molar-refractivity contribution is 6.29. The molecule has 8 nitrogen and oxygen atoms in total. The molecule has 0 aliphatic heterocycles. The standard InChI is InChI=1S/C18H10O8/c19-15(20)9-5-1-3-7-8-4-2-6-10(16(21)22)12(8)14(18(25)26)13(11(7)9)17(23)24/h1-6H,(H,19,20)(H,21,22)(H,23,24)(H,25,26). The summed E-state index contributed by atoms with van der Waals surface area (Å²) in [6.07, 6.45) is 0. The second-order valence-electron chi connectivity index (χ2n) is 5.43. The zero-order chi connectivity index (χ0) is 19.2. The summed E-state index contributed by atoms with van der Waals surface area (Å²) in [6.45, 7) is 0. The second kappa shape index (κ2) is 5.85. The van der Waals surface area contributed by atoms with Gasteiger partial charge in [-0.2, -0.15) is 0 Å². The lowest BCUT2D eigenvalue weighted by Gasteiger charge is -2.15. The average Bonchev–Trinajstić information content (AvgIpc) is 2.58. The highest BCUT2D eigenvalue weighted by atomic mass is 16.4. The van der Waals surface area contributed by atoms with Crippen LogP contribution in [0.4, 0.5) is 0 Å². The smallest absolute Gasteiger partial charge is 0.337 e. The minimum absolute atomic E-state index is 0.144. The van der Waals surface area contributed by atoms with E-state index in [4.69, 9.17) is 0 Å². The largest absolute Gasteiger partial charge is 0.478 e. The minimum atomic E-state index is -1.66. The molecular weight excluding hydrogens is 344 g/mol. The van der Waals surface area contributed by atoms with E-state index < -0.39 is 35.0 Å². The van der Waals surface area contributed by atoms with Crippen LogP contribution < -0.4 is 0 Å². The summed E-state index contributed by atoms with van der Waals surface area (Å²) in [4.78, 5) is 46.8. The summed E-state index contributed by atoms with van der Waals surface area (Å²) in [6, 6.07) is 7.93. The van der Waals surface area contributed by atoms with Crippen LogP contribution in [0.25, 0.3) is 21.5 Å². The minimum Gasteiger partial charge on any atom is -0.478 e. The monoisotopic (exact) mass is 354 g/mol. The molecule has 8 heteroatoms. The van der Waals surface area contributed by atoms with Crippen molar-refractivity contribution in [2.45, 2.75) is 0 Å². The van der Waals surface area contributed by atoms with E-state index in [1.165, 1.54) is 24.3 Å². The zero-order valence-electron chi connectivity index (χ0n) is 12.9. The normalized spacial score (nSPS) is 10.8. The molecule has 0 heterocycles. The highest BCUT2D eigenvalue weighted by Crippen LogP contribution is 2.37. The predicted octanol–water partition coefficient (Wildman–Crippen LogP) is 2.79. The summed E-state index contributed by atoms with van der Waals surface area (Å²) < 4.78 is 0. The van der Waals surface area contributed by atoms with E-state index in [1.807, 2.05) is 0 Å². The van der Waals surface area contributed by atoms with Crippen molar-refractivity contribution in [2.24, 2.45) is 0 Å². The lowest BCUT2D eigenvalue weighted by molar-refractivity contribution is 0.0652. The maximum absolute atomic E-state index is 11.8. The Balaban J connectivity index is 2.80. The molecule has 0 saturated carbocycles. The predicted molar refractivity (Wildman–Crippen MR) is 89.3 cm³/mol. The van der Waals surface area contributed by atoms with Crippen molar-refractivity contribution in [3.05, 3.63) is 58.7 Å². The van der Waals surface area contributed by atoms with Crippen molar-refractivity contribution in [1.82, 2.24) is 0 Å². The van der Waals surface area contributed by atoms with Gasteiger partial charge in [0.2, 0.25) is 0 Å². The fraction of sp³-hybridized carbons (Fsp3) is 0. The molecule has 26 heavy (non-hydrogen) atoms. The van der Waals surface area contributed by atoms with Gasteiger partial charge >= 0.3 is 23.9 Å². The fourth-order valence-electron chi connectivity index (χ4n) is 3.13. The van der Waals surface area contributed by atoms with Gasteiger partial charge in [0.25, 0.3) is 0 Å². The summed E-state index contributed by atoms with van der Waals surface area (Å²) in [5.41, 5.74) is -2.28. The summed E-state index contributed by atoms with van der Waals surface area (Å²) in [5.74, 6) is -6.18. The molecule has 0 amide bonds. The Labute approximate surface area is 144 Å². The number of carboxylic acids is 4. The van der Waals surface area contributed by atoms with Gasteiger partial charge in [0.1, 0.15) is 0 Å². The first kappa shape index (κ1) is 16.9. The molecule has 0 unspecified atom stereocenters. The maximum Gasteiger partial charge on any atom is 0.337 e. The summed E-state index contributed by atoms with van der Waals surface area (Å²) in [7, 11) is 0. The van der Waals surface area contributed by atoms with Crippen LogP contribution in [0.2, 0.25) is 0 Å². The van der Waals surface area contributed by atoms with Gasteiger partial charge < -0.3 is 20.4 Å². The summed E-state index contributed by atoms with van der Waals surface area (Å²) >= 11 is 0. The third kappa shape index (κ3) is 2.32. The number of hydrogen-bond donors (Lipinski definition) is 4. The van der Waals surface area contributed by atoms with Crippen LogP contribution >= 0.6 is 0 Å². The SMILES string of the molecule is O=C(O)c1cccc2c1c(C(=O)O)c(C(=O)O)c1c(C(=O)O)cccc12. The Morgan fingerprint density at radius 1 is 0.538 bits per heavy atom. The van der Waals surface area contributed by atoms with E-state index in [9.17, 15) is 39.6 Å². The third-order valence-electron chi connectivity index (χ3n) is 4.06. The molecule has 0 atom stereocenters. The van der Waals surface area contributed by atoms with Crippen molar-refractivity contribution in [1.29, 1.82) is 0 Å². The van der Waals surface area contributed by atoms with Crippen molar-refractivity contribution >= 4 is 45.4 Å². The van der Waals surface area contributed by atoms with Gasteiger partial charge in [-0.15, -0.1) is 0 Å². The van der Waals surface area contributed by atoms with E-state index in [-0.39, 0.29) is 32.7 Å². The molecule has 3 aromatic rings. The van der Waals surface area contributed by atoms with Crippen LogP contribution in [0.1, 0.15) is 41.4 Å². The van der Waals surface area contributed by atoms with Gasteiger partial charge in [0, 0.05) is 10.8 Å². The number of benzene rings is 3. The van der Waals surface area contributed by atoms with E-state index in [0.29, 0.717) is 0 Å².